The molecule has 14 heteroatoms. The smallest absolute Gasteiger partial charge is 0.296 e. The molecule has 0 radical (unpaired) electrons. The van der Waals surface area contributed by atoms with Crippen LogP contribution in [0.4, 0.5) is 32.2 Å². The van der Waals surface area contributed by atoms with E-state index in [0.717, 1.165) is 32.0 Å². The monoisotopic (exact) mass is 552 g/mol. The maximum Gasteiger partial charge on any atom is 0.296 e. The largest absolute Gasteiger partial charge is 0.494 e. The molecule has 40 heavy (non-hydrogen) atoms. The van der Waals surface area contributed by atoms with Crippen LogP contribution >= 0.6 is 0 Å². The Balaban J connectivity index is 1.38. The van der Waals surface area contributed by atoms with Crippen LogP contribution in [0.2, 0.25) is 0 Å². The minimum atomic E-state index is -2.87. The number of piperazine rings is 1. The van der Waals surface area contributed by atoms with Gasteiger partial charge in [-0.25, -0.2) is 18.7 Å². The van der Waals surface area contributed by atoms with Gasteiger partial charge in [-0.15, -0.1) is 0 Å². The zero-order valence-corrected chi connectivity index (χ0v) is 22.3. The van der Waals surface area contributed by atoms with Crippen LogP contribution in [-0.2, 0) is 4.74 Å². The Morgan fingerprint density at radius 3 is 2.38 bits per heavy atom. The number of imidazole rings is 1. The SMILES string of the molecule is COc1cccc2c1nc(C(F)F)n2-c1nc(Nc2ccc(N3CCN(C)CC3)nc2)nc(N2CCOCC2)n1. The summed E-state index contributed by atoms with van der Waals surface area (Å²) in [6.45, 7) is 5.92. The van der Waals surface area contributed by atoms with Crippen LogP contribution in [0.5, 0.6) is 5.75 Å². The fourth-order valence-electron chi connectivity index (χ4n) is 4.84. The molecule has 3 aromatic heterocycles. The quantitative estimate of drug-likeness (QED) is 0.366. The molecule has 4 aromatic rings. The van der Waals surface area contributed by atoms with Gasteiger partial charge in [0, 0.05) is 39.3 Å². The van der Waals surface area contributed by atoms with E-state index in [1.165, 1.54) is 11.7 Å². The molecule has 2 aliphatic heterocycles. The number of methoxy groups -OCH3 is 1. The number of hydrogen-bond acceptors (Lipinski definition) is 11. The Labute approximate surface area is 229 Å². The zero-order valence-electron chi connectivity index (χ0n) is 22.3. The van der Waals surface area contributed by atoms with E-state index >= 15 is 0 Å². The molecule has 2 fully saturated rings. The van der Waals surface area contributed by atoms with Crippen LogP contribution in [0.1, 0.15) is 12.2 Å². The lowest BCUT2D eigenvalue weighted by Gasteiger charge is -2.33. The second-order valence-corrected chi connectivity index (χ2v) is 9.61. The molecule has 0 unspecified atom stereocenters. The molecule has 6 rings (SSSR count). The number of nitrogens with one attached hydrogen (secondary N) is 1. The van der Waals surface area contributed by atoms with Crippen molar-refractivity contribution in [2.75, 3.05) is 81.8 Å². The lowest BCUT2D eigenvalue weighted by atomic mass is 10.3. The van der Waals surface area contributed by atoms with E-state index in [0.29, 0.717) is 54.7 Å². The third-order valence-corrected chi connectivity index (χ3v) is 7.03. The third-order valence-electron chi connectivity index (χ3n) is 7.03. The molecule has 0 atom stereocenters. The van der Waals surface area contributed by atoms with Gasteiger partial charge in [0.15, 0.2) is 5.82 Å². The molecule has 1 N–H and O–H groups in total. The first kappa shape index (κ1) is 26.1. The van der Waals surface area contributed by atoms with E-state index in [1.807, 2.05) is 17.0 Å². The van der Waals surface area contributed by atoms with Gasteiger partial charge in [0.2, 0.25) is 17.8 Å². The Morgan fingerprint density at radius 1 is 0.900 bits per heavy atom. The summed E-state index contributed by atoms with van der Waals surface area (Å²) in [6, 6.07) is 8.92. The second-order valence-electron chi connectivity index (χ2n) is 9.61. The molecule has 12 nitrogen and oxygen atoms in total. The summed E-state index contributed by atoms with van der Waals surface area (Å²) in [6.07, 6.45) is -1.16. The maximum absolute atomic E-state index is 14.2. The first-order valence-corrected chi connectivity index (χ1v) is 13.1. The summed E-state index contributed by atoms with van der Waals surface area (Å²) in [5.74, 6) is 1.36. The molecule has 0 saturated carbocycles. The van der Waals surface area contributed by atoms with Gasteiger partial charge in [-0.3, -0.25) is 4.57 Å². The summed E-state index contributed by atoms with van der Waals surface area (Å²) >= 11 is 0. The number of hydrogen-bond donors (Lipinski definition) is 1. The minimum Gasteiger partial charge on any atom is -0.494 e. The highest BCUT2D eigenvalue weighted by molar-refractivity contribution is 5.84. The van der Waals surface area contributed by atoms with Gasteiger partial charge >= 0.3 is 0 Å². The van der Waals surface area contributed by atoms with Crippen LogP contribution in [0.25, 0.3) is 17.0 Å². The highest BCUT2D eigenvalue weighted by Gasteiger charge is 2.26. The number of ether oxygens (including phenoxy) is 2. The summed E-state index contributed by atoms with van der Waals surface area (Å²) in [5, 5.41) is 3.19. The molecule has 5 heterocycles. The van der Waals surface area contributed by atoms with E-state index in [9.17, 15) is 8.78 Å². The van der Waals surface area contributed by atoms with Crippen LogP contribution in [0.15, 0.2) is 36.5 Å². The fourth-order valence-corrected chi connectivity index (χ4v) is 4.84. The maximum atomic E-state index is 14.2. The molecule has 0 spiro atoms. The number of morpholine rings is 1. The Hall–Kier alpha value is -4.17. The van der Waals surface area contributed by atoms with Gasteiger partial charge in [-0.05, 0) is 31.3 Å². The number of fused-ring (bicyclic) bond motifs is 1. The summed E-state index contributed by atoms with van der Waals surface area (Å²) in [5.41, 5.74) is 1.36. The van der Waals surface area contributed by atoms with Gasteiger partial charge < -0.3 is 29.5 Å². The molecule has 210 valence electrons. The minimum absolute atomic E-state index is 0.0204. The molecule has 0 bridgehead atoms. The molecule has 0 aliphatic carbocycles. The Morgan fingerprint density at radius 2 is 1.68 bits per heavy atom. The molecular weight excluding hydrogens is 522 g/mol. The first-order valence-electron chi connectivity index (χ1n) is 13.1. The topological polar surface area (TPSA) is 110 Å². The predicted molar refractivity (Wildman–Crippen MR) is 146 cm³/mol. The van der Waals surface area contributed by atoms with Crippen LogP contribution < -0.4 is 19.9 Å². The van der Waals surface area contributed by atoms with E-state index in [4.69, 9.17) is 9.47 Å². The average Bonchev–Trinajstić information content (AvgIpc) is 3.39. The normalized spacial score (nSPS) is 16.6. The fraction of sp³-hybridized carbons (Fsp3) is 0.423. The summed E-state index contributed by atoms with van der Waals surface area (Å²) in [7, 11) is 3.58. The first-order chi connectivity index (χ1) is 19.5. The molecule has 1 aromatic carbocycles. The van der Waals surface area contributed by atoms with E-state index < -0.39 is 12.2 Å². The van der Waals surface area contributed by atoms with Crippen molar-refractivity contribution in [1.82, 2.24) is 34.4 Å². The van der Waals surface area contributed by atoms with Crippen molar-refractivity contribution in [2.24, 2.45) is 0 Å². The van der Waals surface area contributed by atoms with Gasteiger partial charge in [0.1, 0.15) is 17.1 Å². The number of likely N-dealkylation sites (N-methyl/N-ethyl adjacent to an activating group) is 1. The van der Waals surface area contributed by atoms with E-state index in [2.05, 4.69) is 47.1 Å². The lowest BCUT2D eigenvalue weighted by molar-refractivity contribution is 0.122. The number of nitrogens with zero attached hydrogens (tertiary/aromatic N) is 9. The highest BCUT2D eigenvalue weighted by atomic mass is 19.3. The number of halogens is 2. The molecule has 2 aliphatic rings. The van der Waals surface area contributed by atoms with Crippen molar-refractivity contribution in [3.8, 4) is 11.7 Å². The highest BCUT2D eigenvalue weighted by Crippen LogP contribution is 2.32. The van der Waals surface area contributed by atoms with Crippen LogP contribution in [0, 0.1) is 0 Å². The summed E-state index contributed by atoms with van der Waals surface area (Å²) < 4.78 is 40.6. The van der Waals surface area contributed by atoms with Gasteiger partial charge in [0.05, 0.1) is 37.7 Å². The summed E-state index contributed by atoms with van der Waals surface area (Å²) in [4.78, 5) is 29.1. The van der Waals surface area contributed by atoms with E-state index in [1.54, 1.807) is 24.4 Å². The van der Waals surface area contributed by atoms with Crippen molar-refractivity contribution in [2.45, 2.75) is 6.43 Å². The van der Waals surface area contributed by atoms with Gasteiger partial charge in [-0.2, -0.15) is 15.0 Å². The van der Waals surface area contributed by atoms with Gasteiger partial charge in [0.25, 0.3) is 6.43 Å². The van der Waals surface area contributed by atoms with Crippen molar-refractivity contribution in [1.29, 1.82) is 0 Å². The number of para-hydroxylation sites is 1. The third kappa shape index (κ3) is 5.19. The molecule has 0 amide bonds. The van der Waals surface area contributed by atoms with Crippen molar-refractivity contribution in [3.05, 3.63) is 42.4 Å². The lowest BCUT2D eigenvalue weighted by Crippen LogP contribution is -2.44. The Kier molecular flexibility index (Phi) is 7.26. The van der Waals surface area contributed by atoms with Crippen LogP contribution in [0.3, 0.4) is 0 Å². The standard InChI is InChI=1S/C26H30F2N10O2/c1-35-8-10-36(11-9-35)20-7-6-17(16-29-20)30-24-32-25(37-12-14-40-15-13-37)34-26(33-24)38-18-4-3-5-19(39-2)21(18)31-23(38)22(27)28/h3-7,16,22H,8-15H2,1-2H3,(H,30,32,33,34). The number of pyridine rings is 1. The second kappa shape index (κ2) is 11.1. The number of anilines is 4. The molecule has 2 saturated heterocycles. The van der Waals surface area contributed by atoms with E-state index in [-0.39, 0.29) is 11.9 Å². The molecular formula is C26H30F2N10O2. The number of aromatic nitrogens is 6. The zero-order chi connectivity index (χ0) is 27.6. The average molecular weight is 553 g/mol. The van der Waals surface area contributed by atoms with Crippen molar-refractivity contribution < 1.29 is 18.3 Å². The van der Waals surface area contributed by atoms with Gasteiger partial charge in [-0.1, -0.05) is 6.07 Å². The number of rotatable bonds is 7. The van der Waals surface area contributed by atoms with Crippen LogP contribution in [-0.4, -0.2) is 101 Å². The predicted octanol–water partition coefficient (Wildman–Crippen LogP) is 2.88. The van der Waals surface area contributed by atoms with Crippen molar-refractivity contribution in [3.63, 3.8) is 0 Å². The number of alkyl halides is 2. The Bertz CT molecular complexity index is 1470. The van der Waals surface area contributed by atoms with Crippen molar-refractivity contribution >= 4 is 34.4 Å². The number of benzene rings is 1.